The van der Waals surface area contributed by atoms with Crippen molar-refractivity contribution in [2.45, 2.75) is 6.92 Å². The van der Waals surface area contributed by atoms with Crippen LogP contribution in [0, 0.1) is 22.9 Å². The van der Waals surface area contributed by atoms with Gasteiger partial charge in [0.1, 0.15) is 5.82 Å². The first-order valence-electron chi connectivity index (χ1n) is 5.04. The van der Waals surface area contributed by atoms with Gasteiger partial charge in [-0.05, 0) is 13.0 Å². The molecule has 1 aromatic carbocycles. The average Bonchev–Trinajstić information content (AvgIpc) is 2.38. The molecule has 0 spiro atoms. The molecule has 8 heteroatoms. The zero-order chi connectivity index (χ0) is 14.6. The number of nitro groups is 1. The number of carbonyl (C=O) groups excluding carboxylic acids is 3. The van der Waals surface area contributed by atoms with E-state index in [-0.39, 0.29) is 23.9 Å². The van der Waals surface area contributed by atoms with Gasteiger partial charge in [-0.15, -0.1) is 0 Å². The molecule has 0 saturated carbocycles. The number of amides is 2. The molecule has 7 nitrogen and oxygen atoms in total. The molecule has 1 aromatic rings. The molecule has 0 N–H and O–H groups in total. The molecule has 19 heavy (non-hydrogen) atoms. The van der Waals surface area contributed by atoms with Crippen LogP contribution in [0.2, 0.25) is 0 Å². The largest absolute Gasteiger partial charge is 0.292 e. The molecular weight excluding hydrogens is 259 g/mol. The lowest BCUT2D eigenvalue weighted by Gasteiger charge is -2.08. The highest BCUT2D eigenvalue weighted by Gasteiger charge is 2.20. The molecule has 1 rings (SSSR count). The number of hydrogen-bond donors (Lipinski definition) is 0. The summed E-state index contributed by atoms with van der Waals surface area (Å²) >= 11 is 0. The highest BCUT2D eigenvalue weighted by molar-refractivity contribution is 6.00. The Morgan fingerprint density at radius 2 is 2.00 bits per heavy atom. The van der Waals surface area contributed by atoms with Crippen molar-refractivity contribution in [3.63, 3.8) is 0 Å². The third kappa shape index (κ3) is 3.18. The van der Waals surface area contributed by atoms with Crippen LogP contribution >= 0.6 is 0 Å². The Balaban J connectivity index is 3.14. The molecule has 0 saturated heterocycles. The second-order valence-corrected chi connectivity index (χ2v) is 3.67. The Hall–Kier alpha value is -2.64. The topological polar surface area (TPSA) is 97.6 Å². The maximum absolute atomic E-state index is 13.5. The fraction of sp³-hybridized carbons (Fsp3) is 0.182. The van der Waals surface area contributed by atoms with Gasteiger partial charge in [0.05, 0.1) is 17.0 Å². The number of rotatable bonds is 6. The van der Waals surface area contributed by atoms with E-state index in [0.717, 1.165) is 12.1 Å². The molecule has 2 amide bonds. The van der Waals surface area contributed by atoms with E-state index in [0.29, 0.717) is 4.90 Å². The van der Waals surface area contributed by atoms with Crippen LogP contribution in [0.25, 0.3) is 0 Å². The fourth-order valence-corrected chi connectivity index (χ4v) is 1.37. The SMILES string of the molecule is Cc1c(F)cc(C(=O)CN(C=O)C=O)cc1[N+](=O)[O-]. The van der Waals surface area contributed by atoms with Crippen LogP contribution in [0.4, 0.5) is 10.1 Å². The maximum atomic E-state index is 13.5. The van der Waals surface area contributed by atoms with Crippen LogP contribution in [0.15, 0.2) is 12.1 Å². The highest BCUT2D eigenvalue weighted by Crippen LogP contribution is 2.23. The summed E-state index contributed by atoms with van der Waals surface area (Å²) in [7, 11) is 0. The molecule has 0 heterocycles. The van der Waals surface area contributed by atoms with Gasteiger partial charge in [0.2, 0.25) is 12.8 Å². The summed E-state index contributed by atoms with van der Waals surface area (Å²) in [5.74, 6) is -1.68. The van der Waals surface area contributed by atoms with Crippen molar-refractivity contribution in [1.82, 2.24) is 4.90 Å². The number of ketones is 1. The standard InChI is InChI=1S/C11H9FN2O5/c1-7-9(12)2-8(3-10(7)14(18)19)11(17)4-13(5-15)6-16/h2-3,5-6H,4H2,1H3. The van der Waals surface area contributed by atoms with Gasteiger partial charge in [0, 0.05) is 11.6 Å². The van der Waals surface area contributed by atoms with Crippen molar-refractivity contribution >= 4 is 24.3 Å². The molecule has 0 radical (unpaired) electrons. The minimum Gasteiger partial charge on any atom is -0.292 e. The zero-order valence-electron chi connectivity index (χ0n) is 9.83. The summed E-state index contributed by atoms with van der Waals surface area (Å²) in [4.78, 5) is 42.8. The summed E-state index contributed by atoms with van der Waals surface area (Å²) in [6.45, 7) is 0.609. The third-order valence-electron chi connectivity index (χ3n) is 2.43. The van der Waals surface area contributed by atoms with Crippen LogP contribution in [-0.4, -0.2) is 35.0 Å². The Kier molecular flexibility index (Phi) is 4.41. The zero-order valence-corrected chi connectivity index (χ0v) is 9.83. The first-order valence-corrected chi connectivity index (χ1v) is 5.04. The number of hydrogen-bond acceptors (Lipinski definition) is 5. The van der Waals surface area contributed by atoms with Gasteiger partial charge >= 0.3 is 0 Å². The summed E-state index contributed by atoms with van der Waals surface area (Å²) in [5.41, 5.74) is -1.00. The molecule has 0 aliphatic carbocycles. The van der Waals surface area contributed by atoms with Gasteiger partial charge in [0.15, 0.2) is 5.78 Å². The van der Waals surface area contributed by atoms with Crippen molar-refractivity contribution in [2.75, 3.05) is 6.54 Å². The number of halogens is 1. The summed E-state index contributed by atoms with van der Waals surface area (Å²) in [6.07, 6.45) is 0.258. The third-order valence-corrected chi connectivity index (χ3v) is 2.43. The fourth-order valence-electron chi connectivity index (χ4n) is 1.37. The monoisotopic (exact) mass is 268 g/mol. The van der Waals surface area contributed by atoms with E-state index in [2.05, 4.69) is 0 Å². The van der Waals surface area contributed by atoms with Crippen molar-refractivity contribution in [3.05, 3.63) is 39.2 Å². The van der Waals surface area contributed by atoms with E-state index in [4.69, 9.17) is 0 Å². The van der Waals surface area contributed by atoms with Crippen LogP contribution in [0.3, 0.4) is 0 Å². The number of benzene rings is 1. The Labute approximate surface area is 106 Å². The molecule has 0 fully saturated rings. The second kappa shape index (κ2) is 5.80. The van der Waals surface area contributed by atoms with Gasteiger partial charge in [-0.2, -0.15) is 0 Å². The molecule has 0 unspecified atom stereocenters. The van der Waals surface area contributed by atoms with Gasteiger partial charge in [-0.1, -0.05) is 0 Å². The average molecular weight is 268 g/mol. The normalized spacial score (nSPS) is 9.79. The molecule has 100 valence electrons. The lowest BCUT2D eigenvalue weighted by atomic mass is 10.1. The summed E-state index contributed by atoms with van der Waals surface area (Å²) < 4.78 is 13.5. The minimum atomic E-state index is -0.902. The smallest absolute Gasteiger partial charge is 0.275 e. The Bertz CT molecular complexity index is 550. The van der Waals surface area contributed by atoms with Crippen LogP contribution in [0.1, 0.15) is 15.9 Å². The van der Waals surface area contributed by atoms with E-state index < -0.39 is 28.8 Å². The Morgan fingerprint density at radius 1 is 1.42 bits per heavy atom. The number of Topliss-reactive ketones (excluding diaryl/α,β-unsaturated/α-hetero) is 1. The van der Waals surface area contributed by atoms with Crippen LogP contribution in [-0.2, 0) is 9.59 Å². The van der Waals surface area contributed by atoms with E-state index in [9.17, 15) is 28.9 Å². The second-order valence-electron chi connectivity index (χ2n) is 3.67. The molecule has 0 bridgehead atoms. The first-order chi connectivity index (χ1) is 8.90. The van der Waals surface area contributed by atoms with Gasteiger partial charge in [-0.25, -0.2) is 4.39 Å². The molecule has 0 atom stereocenters. The van der Waals surface area contributed by atoms with Gasteiger partial charge in [0.25, 0.3) is 5.69 Å². The first kappa shape index (κ1) is 14.4. The predicted molar refractivity (Wildman–Crippen MR) is 61.0 cm³/mol. The van der Waals surface area contributed by atoms with Crippen LogP contribution < -0.4 is 0 Å². The number of nitro benzene ring substituents is 1. The van der Waals surface area contributed by atoms with Gasteiger partial charge < -0.3 is 0 Å². The maximum Gasteiger partial charge on any atom is 0.275 e. The van der Waals surface area contributed by atoms with Crippen molar-refractivity contribution in [1.29, 1.82) is 0 Å². The predicted octanol–water partition coefficient (Wildman–Crippen LogP) is 0.840. The minimum absolute atomic E-state index is 0.129. The molecular formula is C11H9FN2O5. The summed E-state index contributed by atoms with van der Waals surface area (Å²) in [5, 5.41) is 10.7. The summed E-state index contributed by atoms with van der Waals surface area (Å²) in [6, 6.07) is 1.74. The van der Waals surface area contributed by atoms with E-state index in [1.165, 1.54) is 6.92 Å². The van der Waals surface area contributed by atoms with E-state index in [1.54, 1.807) is 0 Å². The number of imide groups is 1. The van der Waals surface area contributed by atoms with Crippen molar-refractivity contribution < 1.29 is 23.7 Å². The van der Waals surface area contributed by atoms with Crippen molar-refractivity contribution in [2.24, 2.45) is 0 Å². The lowest BCUT2D eigenvalue weighted by Crippen LogP contribution is -2.27. The van der Waals surface area contributed by atoms with E-state index in [1.807, 2.05) is 0 Å². The van der Waals surface area contributed by atoms with Crippen LogP contribution in [0.5, 0.6) is 0 Å². The number of carbonyl (C=O) groups is 3. The highest BCUT2D eigenvalue weighted by atomic mass is 19.1. The quantitative estimate of drug-likeness (QED) is 0.329. The van der Waals surface area contributed by atoms with Gasteiger partial charge in [-0.3, -0.25) is 29.4 Å². The number of nitrogens with zero attached hydrogens (tertiary/aromatic N) is 2. The molecule has 0 aliphatic heterocycles. The lowest BCUT2D eigenvalue weighted by molar-refractivity contribution is -0.385. The van der Waals surface area contributed by atoms with Crippen molar-refractivity contribution in [3.8, 4) is 0 Å². The molecule has 0 aliphatic rings. The molecule has 0 aromatic heterocycles. The van der Waals surface area contributed by atoms with E-state index >= 15 is 0 Å². The Morgan fingerprint density at radius 3 is 2.47 bits per heavy atom.